The molecule has 0 aromatic heterocycles. The number of imide groups is 1. The van der Waals surface area contributed by atoms with Crippen LogP contribution >= 0.6 is 0 Å². The predicted molar refractivity (Wildman–Crippen MR) is 367 cm³/mol. The van der Waals surface area contributed by atoms with Gasteiger partial charge in [-0.3, -0.25) is 58.6 Å². The molecule has 99 heavy (non-hydrogen) atoms. The van der Waals surface area contributed by atoms with Crippen molar-refractivity contribution in [1.82, 2.24) is 30.7 Å². The highest BCUT2D eigenvalue weighted by atomic mass is 16.5. The molecule has 5 aliphatic heterocycles. The molecule has 0 fully saturated rings. The third kappa shape index (κ3) is 18.7. The maximum absolute atomic E-state index is 14.3. The van der Waals surface area contributed by atoms with Crippen LogP contribution < -0.4 is 46.5 Å². The molecule has 0 radical (unpaired) electrons. The maximum Gasteiger partial charge on any atom is 0.411 e. The number of aliphatic imine (C=N–C) groups is 2. The van der Waals surface area contributed by atoms with Crippen molar-refractivity contribution >= 4 is 94.4 Å². The van der Waals surface area contributed by atoms with Crippen LogP contribution in [0.15, 0.2) is 113 Å². The first-order valence-electron chi connectivity index (χ1n) is 33.4. The summed E-state index contributed by atoms with van der Waals surface area (Å²) < 4.78 is 29.3. The van der Waals surface area contributed by atoms with E-state index >= 15 is 0 Å². The number of carbonyl (C=O) groups is 10. The Morgan fingerprint density at radius 2 is 1.27 bits per heavy atom. The number of unbranched alkanes of at least 4 members (excludes halogenated alkanes) is 2. The van der Waals surface area contributed by atoms with Crippen LogP contribution in [0.25, 0.3) is 0 Å². The van der Waals surface area contributed by atoms with Gasteiger partial charge in [0.1, 0.15) is 12.4 Å². The van der Waals surface area contributed by atoms with E-state index in [1.54, 1.807) is 67.4 Å². The second-order valence-electron chi connectivity index (χ2n) is 25.2. The van der Waals surface area contributed by atoms with Gasteiger partial charge in [-0.2, -0.15) is 0 Å². The Hall–Kier alpha value is -10.8. The van der Waals surface area contributed by atoms with Crippen molar-refractivity contribution in [2.24, 2.45) is 27.6 Å². The standard InChI is InChI=1S/C73H83N11O15/c1-44(2)68(81-65(87)23-29-96-30-25-75-64(86)22-26-82-66(88)20-21-67(82)89)60(85)35-49(13-10-24-76-72(74)93)69(90)79-52-17-14-46(15-18-52)43-99-73(94)80-53-19-16-48-34-55-40-78-59-38-63(62(95-4)36-57(59)71(92)84(55)42-51(48)32-53)98-28-9-5-8-27-97-61-37-58-56(31-45(61)3)70(91)83-41-50-12-7-6-11-47(50)33-54(83)39-77-58/h6-7,11-12,14-21,31-32,36-40,44,49,54-55,68H,5,8-10,13,22-30,33-35,41-43H2,1-4H3,(H,75,86)(H,79,90)(H,80,94)(H,81,87)(H3,74,76,93)/t49-,54+,55+,68+/m1/s1. The number of nitrogens with zero attached hydrogens (tertiary/aromatic N) is 5. The van der Waals surface area contributed by atoms with Gasteiger partial charge in [-0.15, -0.1) is 0 Å². The lowest BCUT2D eigenvalue weighted by Gasteiger charge is -2.34. The number of hydrogen-bond acceptors (Lipinski definition) is 17. The van der Waals surface area contributed by atoms with E-state index in [4.69, 9.17) is 39.4 Å². The van der Waals surface area contributed by atoms with Gasteiger partial charge >= 0.3 is 12.1 Å². The third-order valence-corrected chi connectivity index (χ3v) is 17.8. The molecule has 26 nitrogen and oxygen atoms in total. The fraction of sp³-hybridized carbons (Fsp3) is 0.397. The number of nitrogens with two attached hydrogens (primary N) is 1. The highest BCUT2D eigenvalue weighted by Gasteiger charge is 2.36. The predicted octanol–water partition coefficient (Wildman–Crippen LogP) is 7.89. The van der Waals surface area contributed by atoms with Gasteiger partial charge in [0, 0.05) is 106 Å². The lowest BCUT2D eigenvalue weighted by atomic mass is 9.89. The number of hydrogen-bond donors (Lipinski definition) is 6. The van der Waals surface area contributed by atoms with E-state index in [-0.39, 0.29) is 113 Å². The molecule has 0 saturated heterocycles. The summed E-state index contributed by atoms with van der Waals surface area (Å²) in [5.74, 6) is -2.52. The van der Waals surface area contributed by atoms with Crippen molar-refractivity contribution in [3.63, 3.8) is 0 Å². The number of benzene rings is 5. The van der Waals surface area contributed by atoms with Crippen LogP contribution in [0.2, 0.25) is 0 Å². The van der Waals surface area contributed by atoms with Crippen LogP contribution in [-0.4, -0.2) is 158 Å². The SMILES string of the molecule is COc1cc2c(cc1OCCCCCOc1cc3c(cc1C)C(=O)N1Cc4ccccc4C[C@H]1C=N3)N=C[C@@H]1Cc3ccc(NC(=O)OCc4ccc(NC(=O)[C@H](CCCNC(N)=O)CC(=O)[C@@H](NC(=O)CCOCCNC(=O)CCN5C(=O)C=CC5=O)C(C)C)cc4)cc3CN1C2=O. The summed E-state index contributed by atoms with van der Waals surface area (Å²) in [4.78, 5) is 143. The van der Waals surface area contributed by atoms with Gasteiger partial charge in [-0.1, -0.05) is 56.3 Å². The molecule has 5 aliphatic rings. The molecular formula is C73H83N11O15. The monoisotopic (exact) mass is 1350 g/mol. The van der Waals surface area contributed by atoms with Gasteiger partial charge in [-0.25, -0.2) is 9.59 Å². The van der Waals surface area contributed by atoms with Gasteiger partial charge < -0.3 is 60.5 Å². The van der Waals surface area contributed by atoms with Gasteiger partial charge in [0.2, 0.25) is 17.7 Å². The molecule has 0 spiro atoms. The summed E-state index contributed by atoms with van der Waals surface area (Å²) in [5, 5.41) is 13.5. The second-order valence-corrected chi connectivity index (χ2v) is 25.2. The number of carbonyl (C=O) groups excluding carboxylic acids is 10. The van der Waals surface area contributed by atoms with E-state index < -0.39 is 47.7 Å². The molecule has 26 heteroatoms. The maximum atomic E-state index is 14.3. The summed E-state index contributed by atoms with van der Waals surface area (Å²) in [5.41, 5.74) is 13.9. The number of urea groups is 1. The van der Waals surface area contributed by atoms with Crippen molar-refractivity contribution in [3.8, 4) is 17.2 Å². The lowest BCUT2D eigenvalue weighted by molar-refractivity contribution is -0.137. The number of primary amides is 1. The van der Waals surface area contributed by atoms with E-state index in [0.29, 0.717) is 89.3 Å². The van der Waals surface area contributed by atoms with Crippen LogP contribution in [0.1, 0.15) is 119 Å². The number of ketones is 1. The van der Waals surface area contributed by atoms with Crippen molar-refractivity contribution in [1.29, 1.82) is 0 Å². The first kappa shape index (κ1) is 71.0. The number of methoxy groups -OCH3 is 1. The molecule has 0 unspecified atom stereocenters. The molecule has 5 aromatic rings. The van der Waals surface area contributed by atoms with Gasteiger partial charge in [0.15, 0.2) is 17.3 Å². The minimum Gasteiger partial charge on any atom is -0.493 e. The Morgan fingerprint density at radius 1 is 0.636 bits per heavy atom. The highest BCUT2D eigenvalue weighted by molar-refractivity contribution is 6.13. The van der Waals surface area contributed by atoms with E-state index in [1.165, 1.54) is 12.7 Å². The lowest BCUT2D eigenvalue weighted by Crippen LogP contribution is -2.46. The quantitative estimate of drug-likeness (QED) is 0.0176. The fourth-order valence-electron chi connectivity index (χ4n) is 12.4. The average molecular weight is 1350 g/mol. The molecule has 520 valence electrons. The molecule has 0 bridgehead atoms. The molecule has 5 heterocycles. The Balaban J connectivity index is 0.646. The van der Waals surface area contributed by atoms with Crippen LogP contribution in [-0.2, 0) is 70.8 Å². The molecule has 10 amide bonds. The number of rotatable bonds is 32. The Morgan fingerprint density at radius 3 is 1.95 bits per heavy atom. The third-order valence-electron chi connectivity index (χ3n) is 17.8. The van der Waals surface area contributed by atoms with Crippen molar-refractivity contribution in [2.45, 2.75) is 123 Å². The van der Waals surface area contributed by atoms with Crippen LogP contribution in [0, 0.1) is 18.8 Å². The van der Waals surface area contributed by atoms with Gasteiger partial charge in [0.05, 0.1) is 74.2 Å². The van der Waals surface area contributed by atoms with Gasteiger partial charge in [0.25, 0.3) is 23.6 Å². The van der Waals surface area contributed by atoms with Crippen molar-refractivity contribution in [3.05, 3.63) is 148 Å². The number of ether oxygens (including phenoxy) is 5. The molecular weight excluding hydrogens is 1270 g/mol. The van der Waals surface area contributed by atoms with E-state index in [0.717, 1.165) is 65.0 Å². The summed E-state index contributed by atoms with van der Waals surface area (Å²) in [6.45, 7) is 7.35. The van der Waals surface area contributed by atoms with Crippen LogP contribution in [0.5, 0.6) is 17.2 Å². The number of aryl methyl sites for hydroxylation is 1. The Kier molecular flexibility index (Phi) is 24.0. The molecule has 0 aliphatic carbocycles. The Labute approximate surface area is 573 Å². The van der Waals surface area contributed by atoms with Crippen LogP contribution in [0.3, 0.4) is 0 Å². The van der Waals surface area contributed by atoms with E-state index in [1.807, 2.05) is 54.4 Å². The number of nitrogens with one attached hydrogen (secondary N) is 5. The zero-order chi connectivity index (χ0) is 70.1. The summed E-state index contributed by atoms with van der Waals surface area (Å²) in [7, 11) is 1.53. The zero-order valence-electron chi connectivity index (χ0n) is 55.9. The minimum absolute atomic E-state index is 0.00776. The fourth-order valence-corrected chi connectivity index (χ4v) is 12.4. The van der Waals surface area contributed by atoms with Crippen molar-refractivity contribution < 1.29 is 71.6 Å². The topological polar surface area (TPSA) is 337 Å². The van der Waals surface area contributed by atoms with Crippen molar-refractivity contribution in [2.75, 3.05) is 63.8 Å². The summed E-state index contributed by atoms with van der Waals surface area (Å²) in [6, 6.07) is 25.4. The summed E-state index contributed by atoms with van der Waals surface area (Å²) >= 11 is 0. The van der Waals surface area contributed by atoms with Gasteiger partial charge in [-0.05, 0) is 128 Å². The number of Topliss-reactive ketones (excluding diaryl/α,β-unsaturated/α-hetero) is 1. The molecule has 10 rings (SSSR count). The molecule has 0 saturated carbocycles. The first-order valence-corrected chi connectivity index (χ1v) is 33.4. The smallest absolute Gasteiger partial charge is 0.411 e. The number of fused-ring (bicyclic) bond motifs is 6. The van der Waals surface area contributed by atoms with E-state index in [9.17, 15) is 47.9 Å². The zero-order valence-corrected chi connectivity index (χ0v) is 55.9. The first-order chi connectivity index (χ1) is 47.8. The molecule has 4 atom stereocenters. The largest absolute Gasteiger partial charge is 0.493 e. The van der Waals surface area contributed by atoms with Crippen LogP contribution in [0.4, 0.5) is 32.3 Å². The number of anilines is 2. The van der Waals surface area contributed by atoms with E-state index in [2.05, 4.69) is 38.7 Å². The molecule has 7 N–H and O–H groups in total. The minimum atomic E-state index is -0.929. The highest BCUT2D eigenvalue weighted by Crippen LogP contribution is 2.40. The molecule has 5 aromatic carbocycles. The summed E-state index contributed by atoms with van der Waals surface area (Å²) in [6.07, 6.45) is 8.90. The average Bonchev–Trinajstić information content (AvgIpc) is 1.72. The Bertz CT molecular complexity index is 3960. The normalized spacial score (nSPS) is 16.2. The number of amides is 10. The second kappa shape index (κ2) is 33.5.